The van der Waals surface area contributed by atoms with Crippen LogP contribution in [0.15, 0.2) is 47.4 Å². The highest BCUT2D eigenvalue weighted by atomic mass is 16.5. The molecule has 4 rings (SSSR count). The van der Waals surface area contributed by atoms with Crippen molar-refractivity contribution in [1.82, 2.24) is 24.7 Å². The Morgan fingerprint density at radius 3 is 2.63 bits per heavy atom. The third-order valence-corrected chi connectivity index (χ3v) is 4.72. The molecule has 4 aromatic rings. The number of amides is 1. The first-order chi connectivity index (χ1) is 14.5. The summed E-state index contributed by atoms with van der Waals surface area (Å²) in [5.74, 6) is 0.636. The van der Waals surface area contributed by atoms with Crippen LogP contribution in [0.3, 0.4) is 0 Å². The van der Waals surface area contributed by atoms with E-state index in [1.54, 1.807) is 49.7 Å². The van der Waals surface area contributed by atoms with Crippen molar-refractivity contribution < 1.29 is 9.53 Å². The zero-order valence-corrected chi connectivity index (χ0v) is 16.8. The third-order valence-electron chi connectivity index (χ3n) is 4.72. The number of hydrogen-bond donors (Lipinski definition) is 2. The molecular formula is C21H20N6O3. The van der Waals surface area contributed by atoms with Gasteiger partial charge in [-0.3, -0.25) is 20.0 Å². The number of carbonyl (C=O) groups is 1. The molecule has 0 radical (unpaired) electrons. The number of aryl methyl sites for hydroxylation is 2. The zero-order chi connectivity index (χ0) is 21.3. The largest absolute Gasteiger partial charge is 0.497 e. The number of carbonyl (C=O) groups excluding carboxylic acids is 1. The number of anilines is 1. The molecule has 9 nitrogen and oxygen atoms in total. The fourth-order valence-corrected chi connectivity index (χ4v) is 3.12. The van der Waals surface area contributed by atoms with Crippen LogP contribution in [-0.4, -0.2) is 37.7 Å². The van der Waals surface area contributed by atoms with Gasteiger partial charge in [0.25, 0.3) is 5.91 Å². The highest BCUT2D eigenvalue weighted by Gasteiger charge is 2.16. The molecule has 0 aliphatic rings. The van der Waals surface area contributed by atoms with E-state index in [4.69, 9.17) is 4.74 Å². The van der Waals surface area contributed by atoms with Gasteiger partial charge in [0.2, 0.25) is 11.4 Å². The van der Waals surface area contributed by atoms with Crippen molar-refractivity contribution >= 4 is 22.9 Å². The van der Waals surface area contributed by atoms with Crippen molar-refractivity contribution in [3.63, 3.8) is 0 Å². The summed E-state index contributed by atoms with van der Waals surface area (Å²) in [4.78, 5) is 34.2. The first-order valence-electron chi connectivity index (χ1n) is 9.39. The van der Waals surface area contributed by atoms with E-state index in [-0.39, 0.29) is 23.1 Å². The fourth-order valence-electron chi connectivity index (χ4n) is 3.12. The number of pyridine rings is 2. The number of nitrogens with one attached hydrogen (secondary N) is 2. The summed E-state index contributed by atoms with van der Waals surface area (Å²) < 4.78 is 6.98. The number of ether oxygens (including phenoxy) is 1. The van der Waals surface area contributed by atoms with Crippen LogP contribution in [0.5, 0.6) is 5.75 Å². The number of aromatic amines is 1. The van der Waals surface area contributed by atoms with Crippen molar-refractivity contribution in [2.24, 2.45) is 0 Å². The second-order valence-electron chi connectivity index (χ2n) is 6.67. The molecule has 0 aliphatic carbocycles. The Bertz CT molecular complexity index is 1290. The first kappa shape index (κ1) is 19.3. The maximum absolute atomic E-state index is 13.0. The molecule has 1 aromatic carbocycles. The minimum atomic E-state index is -0.368. The van der Waals surface area contributed by atoms with Crippen LogP contribution in [0.25, 0.3) is 22.4 Å². The number of H-pyrrole nitrogens is 1. The van der Waals surface area contributed by atoms with Gasteiger partial charge in [0.1, 0.15) is 11.4 Å². The molecule has 0 atom stereocenters. The van der Waals surface area contributed by atoms with Crippen LogP contribution >= 0.6 is 0 Å². The van der Waals surface area contributed by atoms with Crippen molar-refractivity contribution in [3.8, 4) is 17.1 Å². The molecule has 0 fully saturated rings. The van der Waals surface area contributed by atoms with E-state index in [1.807, 2.05) is 18.4 Å². The average molecular weight is 404 g/mol. The second kappa shape index (κ2) is 7.78. The minimum Gasteiger partial charge on any atom is -0.497 e. The molecule has 0 bridgehead atoms. The Morgan fingerprint density at radius 2 is 1.93 bits per heavy atom. The van der Waals surface area contributed by atoms with E-state index in [2.05, 4.69) is 25.5 Å². The third kappa shape index (κ3) is 3.52. The van der Waals surface area contributed by atoms with Crippen LogP contribution < -0.4 is 15.5 Å². The first-order valence-corrected chi connectivity index (χ1v) is 9.39. The topological polar surface area (TPSA) is 115 Å². The second-order valence-corrected chi connectivity index (χ2v) is 6.67. The maximum atomic E-state index is 13.0. The van der Waals surface area contributed by atoms with Crippen molar-refractivity contribution in [3.05, 3.63) is 64.1 Å². The summed E-state index contributed by atoms with van der Waals surface area (Å²) in [5, 5.41) is 9.89. The van der Waals surface area contributed by atoms with Crippen molar-refractivity contribution in [1.29, 1.82) is 0 Å². The molecule has 3 aromatic heterocycles. The van der Waals surface area contributed by atoms with Gasteiger partial charge in [0, 0.05) is 24.0 Å². The summed E-state index contributed by atoms with van der Waals surface area (Å²) in [5.41, 5.74) is 2.04. The van der Waals surface area contributed by atoms with Crippen LogP contribution in [0.1, 0.15) is 23.0 Å². The fraction of sp³-hybridized carbons (Fsp3) is 0.190. The Kier molecular flexibility index (Phi) is 5.01. The van der Waals surface area contributed by atoms with E-state index in [1.165, 1.54) is 0 Å². The summed E-state index contributed by atoms with van der Waals surface area (Å²) in [7, 11) is 1.56. The van der Waals surface area contributed by atoms with E-state index in [9.17, 15) is 9.59 Å². The van der Waals surface area contributed by atoms with Gasteiger partial charge in [-0.15, -0.1) is 5.10 Å². The summed E-state index contributed by atoms with van der Waals surface area (Å²) in [6.45, 7) is 4.49. The van der Waals surface area contributed by atoms with Crippen molar-refractivity contribution in [2.45, 2.75) is 20.4 Å². The standard InChI is InChI=1S/C21H20N6O3/c1-4-27-11-16(17(28)15-10-5-12(2)22-19(15)27)18-23-21(26-25-18)24-20(29)13-6-8-14(30-3)9-7-13/h5-11H,4H2,1-3H3,(H2,23,24,25,26,29). The van der Waals surface area contributed by atoms with Gasteiger partial charge in [-0.2, -0.15) is 4.98 Å². The average Bonchev–Trinajstić information content (AvgIpc) is 3.22. The van der Waals surface area contributed by atoms with Gasteiger partial charge in [0.05, 0.1) is 18.1 Å². The molecule has 3 heterocycles. The predicted octanol–water partition coefficient (Wildman–Crippen LogP) is 2.77. The number of benzene rings is 1. The molecule has 9 heteroatoms. The molecule has 2 N–H and O–H groups in total. The highest BCUT2D eigenvalue weighted by Crippen LogP contribution is 2.18. The van der Waals surface area contributed by atoms with Gasteiger partial charge in [0.15, 0.2) is 5.82 Å². The minimum absolute atomic E-state index is 0.0791. The number of fused-ring (bicyclic) bond motifs is 1. The van der Waals surface area contributed by atoms with Gasteiger partial charge < -0.3 is 9.30 Å². The zero-order valence-electron chi connectivity index (χ0n) is 16.8. The van der Waals surface area contributed by atoms with Gasteiger partial charge in [-0.05, 0) is 50.2 Å². The van der Waals surface area contributed by atoms with E-state index in [0.29, 0.717) is 34.5 Å². The SMILES string of the molecule is CCn1cc(-c2nc(NC(=O)c3ccc(OC)cc3)n[nH]2)c(=O)c2ccc(C)nc21. The molecule has 30 heavy (non-hydrogen) atoms. The molecular weight excluding hydrogens is 384 g/mol. The highest BCUT2D eigenvalue weighted by molar-refractivity contribution is 6.03. The van der Waals surface area contributed by atoms with E-state index >= 15 is 0 Å². The Labute approximate surface area is 171 Å². The molecule has 1 amide bonds. The van der Waals surface area contributed by atoms with Crippen LogP contribution in [0.2, 0.25) is 0 Å². The van der Waals surface area contributed by atoms with E-state index in [0.717, 1.165) is 5.69 Å². The molecule has 152 valence electrons. The van der Waals surface area contributed by atoms with Crippen molar-refractivity contribution in [2.75, 3.05) is 12.4 Å². The number of aromatic nitrogens is 5. The van der Waals surface area contributed by atoms with Crippen LogP contribution in [-0.2, 0) is 6.54 Å². The van der Waals surface area contributed by atoms with Crippen LogP contribution in [0.4, 0.5) is 5.95 Å². The number of hydrogen-bond acceptors (Lipinski definition) is 6. The number of nitrogens with zero attached hydrogens (tertiary/aromatic N) is 4. The Morgan fingerprint density at radius 1 is 1.17 bits per heavy atom. The normalized spacial score (nSPS) is 10.9. The van der Waals surface area contributed by atoms with Gasteiger partial charge >= 0.3 is 0 Å². The maximum Gasteiger partial charge on any atom is 0.258 e. The lowest BCUT2D eigenvalue weighted by molar-refractivity contribution is 0.102. The summed E-state index contributed by atoms with van der Waals surface area (Å²) >= 11 is 0. The predicted molar refractivity (Wildman–Crippen MR) is 113 cm³/mol. The van der Waals surface area contributed by atoms with E-state index < -0.39 is 0 Å². The Hall–Kier alpha value is -4.01. The lowest BCUT2D eigenvalue weighted by Crippen LogP contribution is -2.14. The van der Waals surface area contributed by atoms with Gasteiger partial charge in [-0.1, -0.05) is 0 Å². The molecule has 0 spiro atoms. The smallest absolute Gasteiger partial charge is 0.258 e. The van der Waals surface area contributed by atoms with Gasteiger partial charge in [-0.25, -0.2) is 4.98 Å². The summed E-state index contributed by atoms with van der Waals surface area (Å²) in [6.07, 6.45) is 1.70. The molecule has 0 aliphatic heterocycles. The Balaban J connectivity index is 1.66. The summed E-state index contributed by atoms with van der Waals surface area (Å²) in [6, 6.07) is 10.2. The monoisotopic (exact) mass is 404 g/mol. The molecule has 0 saturated carbocycles. The quantitative estimate of drug-likeness (QED) is 0.529. The molecule has 0 saturated heterocycles. The lowest BCUT2D eigenvalue weighted by atomic mass is 10.1. The lowest BCUT2D eigenvalue weighted by Gasteiger charge is -2.10. The number of rotatable bonds is 5. The number of methoxy groups -OCH3 is 1. The molecule has 0 unspecified atom stereocenters. The van der Waals surface area contributed by atoms with Crippen LogP contribution in [0, 0.1) is 6.92 Å².